The summed E-state index contributed by atoms with van der Waals surface area (Å²) in [5.41, 5.74) is 0. The summed E-state index contributed by atoms with van der Waals surface area (Å²) in [6.45, 7) is 3.15. The summed E-state index contributed by atoms with van der Waals surface area (Å²) in [7, 11) is 0. The minimum absolute atomic E-state index is 0.0143. The van der Waals surface area contributed by atoms with Gasteiger partial charge in [0.2, 0.25) is 0 Å². The average molecular weight is 336 g/mol. The van der Waals surface area contributed by atoms with Crippen LogP contribution >= 0.6 is 0 Å². The van der Waals surface area contributed by atoms with Crippen LogP contribution < -0.4 is 0 Å². The highest BCUT2D eigenvalue weighted by Crippen LogP contribution is 2.41. The van der Waals surface area contributed by atoms with E-state index in [2.05, 4.69) is 0 Å². The van der Waals surface area contributed by atoms with Crippen molar-refractivity contribution in [2.75, 3.05) is 26.2 Å². The summed E-state index contributed by atoms with van der Waals surface area (Å²) in [6.07, 6.45) is 8.24. The zero-order chi connectivity index (χ0) is 17.1. The van der Waals surface area contributed by atoms with E-state index in [-0.39, 0.29) is 18.6 Å². The molecule has 1 heterocycles. The van der Waals surface area contributed by atoms with E-state index in [1.165, 1.54) is 35.5 Å². The Morgan fingerprint density at radius 2 is 1.67 bits per heavy atom. The lowest BCUT2D eigenvalue weighted by atomic mass is 9.70. The number of esters is 1. The second-order valence-electron chi connectivity index (χ2n) is 7.34. The Labute approximate surface area is 143 Å². The quantitative estimate of drug-likeness (QED) is 0.577. The van der Waals surface area contributed by atoms with Gasteiger partial charge in [-0.3, -0.25) is 14.4 Å². The number of carbonyl (C=O) groups excluding carboxylic acids is 3. The molecule has 3 fully saturated rings. The van der Waals surface area contributed by atoms with Gasteiger partial charge in [-0.2, -0.15) is 0 Å². The molecule has 1 saturated heterocycles. The zero-order valence-corrected chi connectivity index (χ0v) is 14.5. The van der Waals surface area contributed by atoms with Crippen LogP contribution in [-0.2, 0) is 19.1 Å². The molecule has 3 rings (SSSR count). The molecule has 0 aromatic rings. The average Bonchev–Trinajstić information content (AvgIpc) is 2.59. The highest BCUT2D eigenvalue weighted by Gasteiger charge is 2.36. The zero-order valence-electron chi connectivity index (χ0n) is 14.5. The molecule has 0 radical (unpaired) electrons. The van der Waals surface area contributed by atoms with Crippen LogP contribution in [0, 0.1) is 11.8 Å². The first-order valence-electron chi connectivity index (χ1n) is 9.36. The second kappa shape index (κ2) is 7.53. The number of carbonyl (C=O) groups is 3. The molecule has 1 aliphatic heterocycles. The van der Waals surface area contributed by atoms with Crippen LogP contribution in [0.15, 0.2) is 0 Å². The van der Waals surface area contributed by atoms with Crippen molar-refractivity contribution in [3.05, 3.63) is 0 Å². The van der Waals surface area contributed by atoms with E-state index in [1.54, 1.807) is 0 Å². The standard InChI is InChI=1S/C18H28N2O4/c1-2-19-9-10-20(18(23)17(19)22)12-16(21)24-15-8-7-13-5-3-4-6-14(13)11-15/h13-15H,2-12H2,1H3. The summed E-state index contributed by atoms with van der Waals surface area (Å²) in [5.74, 6) is 0.0345. The van der Waals surface area contributed by atoms with E-state index in [1.807, 2.05) is 6.92 Å². The van der Waals surface area contributed by atoms with Crippen LogP contribution in [-0.4, -0.2) is 59.9 Å². The van der Waals surface area contributed by atoms with Gasteiger partial charge < -0.3 is 14.5 Å². The fourth-order valence-electron chi connectivity index (χ4n) is 4.48. The minimum atomic E-state index is -0.587. The summed E-state index contributed by atoms with van der Waals surface area (Å²) in [4.78, 5) is 38.9. The highest BCUT2D eigenvalue weighted by atomic mass is 16.5. The van der Waals surface area contributed by atoms with Crippen LogP contribution in [0.3, 0.4) is 0 Å². The third kappa shape index (κ3) is 3.73. The van der Waals surface area contributed by atoms with Gasteiger partial charge in [0, 0.05) is 19.6 Å². The maximum absolute atomic E-state index is 12.2. The molecule has 0 N–H and O–H groups in total. The Morgan fingerprint density at radius 3 is 2.42 bits per heavy atom. The highest BCUT2D eigenvalue weighted by molar-refractivity contribution is 6.35. The van der Waals surface area contributed by atoms with E-state index in [9.17, 15) is 14.4 Å². The summed E-state index contributed by atoms with van der Waals surface area (Å²) < 4.78 is 5.62. The second-order valence-corrected chi connectivity index (χ2v) is 7.34. The van der Waals surface area contributed by atoms with E-state index < -0.39 is 11.8 Å². The Hall–Kier alpha value is -1.59. The van der Waals surface area contributed by atoms with Crippen LogP contribution in [0.2, 0.25) is 0 Å². The van der Waals surface area contributed by atoms with Gasteiger partial charge in [-0.15, -0.1) is 0 Å². The molecule has 2 amide bonds. The Balaban J connectivity index is 1.47. The number of nitrogens with zero attached hydrogens (tertiary/aromatic N) is 2. The number of hydrogen-bond acceptors (Lipinski definition) is 4. The molecular formula is C18H28N2O4. The Bertz CT molecular complexity index is 507. The van der Waals surface area contributed by atoms with Gasteiger partial charge in [0.05, 0.1) is 0 Å². The summed E-state index contributed by atoms with van der Waals surface area (Å²) in [5, 5.41) is 0. The smallest absolute Gasteiger partial charge is 0.325 e. The number of piperazine rings is 1. The van der Waals surface area contributed by atoms with Crippen molar-refractivity contribution >= 4 is 17.8 Å². The van der Waals surface area contributed by atoms with Gasteiger partial charge in [-0.25, -0.2) is 0 Å². The monoisotopic (exact) mass is 336 g/mol. The predicted octanol–water partition coefficient (Wildman–Crippen LogP) is 1.58. The number of likely N-dealkylation sites (N-methyl/N-ethyl adjacent to an activating group) is 1. The van der Waals surface area contributed by atoms with Gasteiger partial charge in [-0.05, 0) is 38.0 Å². The van der Waals surface area contributed by atoms with Crippen molar-refractivity contribution in [2.24, 2.45) is 11.8 Å². The number of ether oxygens (including phenoxy) is 1. The lowest BCUT2D eigenvalue weighted by molar-refractivity contribution is -0.162. The maximum Gasteiger partial charge on any atom is 0.325 e. The fraction of sp³-hybridized carbons (Fsp3) is 0.833. The van der Waals surface area contributed by atoms with Crippen molar-refractivity contribution in [3.8, 4) is 0 Å². The third-order valence-corrected chi connectivity index (χ3v) is 5.89. The van der Waals surface area contributed by atoms with Crippen molar-refractivity contribution in [3.63, 3.8) is 0 Å². The Kier molecular flexibility index (Phi) is 5.41. The summed E-state index contributed by atoms with van der Waals surface area (Å²) >= 11 is 0. The molecule has 6 heteroatoms. The molecule has 0 aromatic heterocycles. The topological polar surface area (TPSA) is 66.9 Å². The van der Waals surface area contributed by atoms with Gasteiger partial charge in [0.1, 0.15) is 12.6 Å². The minimum Gasteiger partial charge on any atom is -0.461 e. The molecule has 24 heavy (non-hydrogen) atoms. The molecule has 0 bridgehead atoms. The molecule has 0 spiro atoms. The fourth-order valence-corrected chi connectivity index (χ4v) is 4.48. The van der Waals surface area contributed by atoms with E-state index in [0.717, 1.165) is 25.2 Å². The first kappa shape index (κ1) is 17.2. The number of amides is 2. The lowest BCUT2D eigenvalue weighted by Gasteiger charge is -2.39. The van der Waals surface area contributed by atoms with Crippen LogP contribution in [0.5, 0.6) is 0 Å². The van der Waals surface area contributed by atoms with Gasteiger partial charge in [0.15, 0.2) is 0 Å². The van der Waals surface area contributed by atoms with E-state index in [0.29, 0.717) is 25.6 Å². The molecule has 3 unspecified atom stereocenters. The van der Waals surface area contributed by atoms with E-state index >= 15 is 0 Å². The molecular weight excluding hydrogens is 308 g/mol. The molecule has 2 saturated carbocycles. The van der Waals surface area contributed by atoms with Crippen molar-refractivity contribution < 1.29 is 19.1 Å². The van der Waals surface area contributed by atoms with E-state index in [4.69, 9.17) is 4.74 Å². The normalized spacial score (nSPS) is 31.0. The number of fused-ring (bicyclic) bond motifs is 1. The SMILES string of the molecule is CCN1CCN(CC(=O)OC2CCC3CCCCC3C2)C(=O)C1=O. The number of rotatable bonds is 4. The van der Waals surface area contributed by atoms with Gasteiger partial charge in [-0.1, -0.05) is 25.7 Å². The molecule has 134 valence electrons. The molecule has 3 aliphatic rings. The van der Waals surface area contributed by atoms with Crippen molar-refractivity contribution in [1.29, 1.82) is 0 Å². The van der Waals surface area contributed by atoms with Gasteiger partial charge >= 0.3 is 17.8 Å². The summed E-state index contributed by atoms with van der Waals surface area (Å²) in [6, 6.07) is 0. The van der Waals surface area contributed by atoms with Crippen molar-refractivity contribution in [1.82, 2.24) is 9.80 Å². The van der Waals surface area contributed by atoms with Crippen LogP contribution in [0.1, 0.15) is 51.9 Å². The van der Waals surface area contributed by atoms with Crippen LogP contribution in [0.4, 0.5) is 0 Å². The van der Waals surface area contributed by atoms with Crippen molar-refractivity contribution in [2.45, 2.75) is 58.0 Å². The van der Waals surface area contributed by atoms with Gasteiger partial charge in [0.25, 0.3) is 0 Å². The molecule has 0 aromatic carbocycles. The third-order valence-electron chi connectivity index (χ3n) is 5.89. The largest absolute Gasteiger partial charge is 0.461 e. The molecule has 6 nitrogen and oxygen atoms in total. The first-order valence-corrected chi connectivity index (χ1v) is 9.36. The lowest BCUT2D eigenvalue weighted by Crippen LogP contribution is -2.55. The Morgan fingerprint density at radius 1 is 1.00 bits per heavy atom. The van der Waals surface area contributed by atoms with Crippen LogP contribution in [0.25, 0.3) is 0 Å². The predicted molar refractivity (Wildman–Crippen MR) is 88.0 cm³/mol. The first-order chi connectivity index (χ1) is 11.6. The molecule has 3 atom stereocenters. The number of hydrogen-bond donors (Lipinski definition) is 0. The maximum atomic E-state index is 12.2. The molecule has 2 aliphatic carbocycles.